The lowest BCUT2D eigenvalue weighted by Crippen LogP contribution is -2.26. The van der Waals surface area contributed by atoms with Crippen LogP contribution in [-0.4, -0.2) is 25.2 Å². The lowest BCUT2D eigenvalue weighted by atomic mass is 10.1. The third-order valence-corrected chi connectivity index (χ3v) is 4.96. The lowest BCUT2D eigenvalue weighted by molar-refractivity contribution is 0.556. The van der Waals surface area contributed by atoms with Gasteiger partial charge in [-0.2, -0.15) is 5.10 Å². The smallest absolute Gasteiger partial charge is 0.257 e. The van der Waals surface area contributed by atoms with Gasteiger partial charge in [-0.3, -0.25) is 5.10 Å². The second-order valence-electron chi connectivity index (χ2n) is 5.30. The molecule has 0 fully saturated rings. The minimum atomic E-state index is -3.51. The maximum Gasteiger partial charge on any atom is 0.257 e. The van der Waals surface area contributed by atoms with Gasteiger partial charge in [0.1, 0.15) is 0 Å². The van der Waals surface area contributed by atoms with Crippen LogP contribution in [0.2, 0.25) is 0 Å². The monoisotopic (exact) mass is 316 g/mol. The zero-order valence-electron chi connectivity index (χ0n) is 12.9. The van der Waals surface area contributed by atoms with Gasteiger partial charge in [0.15, 0.2) is 5.03 Å². The maximum atomic E-state index is 12.0. The fourth-order valence-corrected chi connectivity index (χ4v) is 3.43. The second kappa shape index (κ2) is 9.92. The number of aromatic amines is 1. The van der Waals surface area contributed by atoms with E-state index in [4.69, 9.17) is 5.73 Å². The lowest BCUT2D eigenvalue weighted by Gasteiger charge is -2.06. The van der Waals surface area contributed by atoms with E-state index >= 15 is 0 Å². The fraction of sp³-hybridized carbons (Fsp3) is 0.786. The Bertz CT molecular complexity index is 485. The Balaban J connectivity index is 2.17. The van der Waals surface area contributed by atoms with Crippen molar-refractivity contribution < 1.29 is 8.42 Å². The number of H-pyrrole nitrogens is 1. The van der Waals surface area contributed by atoms with E-state index in [0.29, 0.717) is 12.1 Å². The highest BCUT2D eigenvalue weighted by Crippen LogP contribution is 2.11. The van der Waals surface area contributed by atoms with Crippen molar-refractivity contribution in [3.63, 3.8) is 0 Å². The summed E-state index contributed by atoms with van der Waals surface area (Å²) in [5.74, 6) is 0. The quantitative estimate of drug-likeness (QED) is 0.515. The molecule has 0 aliphatic heterocycles. The third kappa shape index (κ3) is 6.58. The van der Waals surface area contributed by atoms with Gasteiger partial charge in [0.25, 0.3) is 10.0 Å². The molecule has 0 spiro atoms. The van der Waals surface area contributed by atoms with Crippen molar-refractivity contribution in [2.45, 2.75) is 69.9 Å². The van der Waals surface area contributed by atoms with Crippen molar-refractivity contribution in [3.8, 4) is 0 Å². The van der Waals surface area contributed by atoms with E-state index in [-0.39, 0.29) is 11.6 Å². The summed E-state index contributed by atoms with van der Waals surface area (Å²) in [4.78, 5) is 0. The van der Waals surface area contributed by atoms with Gasteiger partial charge in [0.05, 0.1) is 6.20 Å². The Kier molecular flexibility index (Phi) is 8.56. The summed E-state index contributed by atoms with van der Waals surface area (Å²) < 4.78 is 26.7. The van der Waals surface area contributed by atoms with Crippen molar-refractivity contribution in [1.82, 2.24) is 14.9 Å². The fourth-order valence-electron chi connectivity index (χ4n) is 2.21. The first kappa shape index (κ1) is 18.1. The van der Waals surface area contributed by atoms with Crippen LogP contribution in [0, 0.1) is 0 Å². The SMILES string of the molecule is CCCCCCCCCCNS(=O)(=O)c1[nH]ncc1CN. The molecule has 0 aliphatic rings. The van der Waals surface area contributed by atoms with Crippen molar-refractivity contribution in [2.75, 3.05) is 6.54 Å². The van der Waals surface area contributed by atoms with E-state index in [1.165, 1.54) is 44.7 Å². The number of nitrogens with one attached hydrogen (secondary N) is 2. The summed E-state index contributed by atoms with van der Waals surface area (Å²) >= 11 is 0. The molecule has 4 N–H and O–H groups in total. The Hall–Kier alpha value is -0.920. The van der Waals surface area contributed by atoms with Gasteiger partial charge in [-0.25, -0.2) is 13.1 Å². The Labute approximate surface area is 127 Å². The van der Waals surface area contributed by atoms with Crippen LogP contribution in [0.25, 0.3) is 0 Å². The summed E-state index contributed by atoms with van der Waals surface area (Å²) in [5, 5.41) is 6.31. The first-order valence-corrected chi connectivity index (χ1v) is 9.32. The summed E-state index contributed by atoms with van der Waals surface area (Å²) in [6, 6.07) is 0. The van der Waals surface area contributed by atoms with Gasteiger partial charge in [0.2, 0.25) is 0 Å². The number of nitrogens with zero attached hydrogens (tertiary/aromatic N) is 1. The van der Waals surface area contributed by atoms with E-state index in [2.05, 4.69) is 21.8 Å². The number of sulfonamides is 1. The molecule has 0 unspecified atom stereocenters. The normalized spacial score (nSPS) is 11.9. The molecule has 0 atom stereocenters. The van der Waals surface area contributed by atoms with E-state index in [9.17, 15) is 8.42 Å². The van der Waals surface area contributed by atoms with Crippen LogP contribution in [0.5, 0.6) is 0 Å². The van der Waals surface area contributed by atoms with Crippen LogP contribution in [0.4, 0.5) is 0 Å². The van der Waals surface area contributed by atoms with Gasteiger partial charge < -0.3 is 5.73 Å². The largest absolute Gasteiger partial charge is 0.326 e. The number of nitrogens with two attached hydrogens (primary N) is 1. The molecular formula is C14H28N4O2S. The molecular weight excluding hydrogens is 288 g/mol. The minimum Gasteiger partial charge on any atom is -0.326 e. The average Bonchev–Trinajstić information content (AvgIpc) is 2.95. The van der Waals surface area contributed by atoms with Gasteiger partial charge in [-0.1, -0.05) is 51.9 Å². The van der Waals surface area contributed by atoms with Crippen LogP contribution in [-0.2, 0) is 16.6 Å². The average molecular weight is 316 g/mol. The zero-order chi connectivity index (χ0) is 15.6. The molecule has 6 nitrogen and oxygen atoms in total. The molecule has 0 saturated carbocycles. The first-order valence-electron chi connectivity index (χ1n) is 7.83. The molecule has 21 heavy (non-hydrogen) atoms. The second-order valence-corrected chi connectivity index (χ2v) is 7.00. The maximum absolute atomic E-state index is 12.0. The number of hydrogen-bond donors (Lipinski definition) is 3. The standard InChI is InChI=1S/C14H28N4O2S/c1-2-3-4-5-6-7-8-9-10-17-21(19,20)14-13(11-15)12-16-18-14/h12,17H,2-11,15H2,1H3,(H,16,18). The molecule has 0 aliphatic carbocycles. The number of hydrogen-bond acceptors (Lipinski definition) is 4. The van der Waals surface area contributed by atoms with Crippen molar-refractivity contribution in [3.05, 3.63) is 11.8 Å². The van der Waals surface area contributed by atoms with Crippen molar-refractivity contribution in [2.24, 2.45) is 5.73 Å². The zero-order valence-corrected chi connectivity index (χ0v) is 13.7. The molecule has 1 heterocycles. The predicted octanol–water partition coefficient (Wildman–Crippen LogP) is 2.29. The molecule has 0 amide bonds. The van der Waals surface area contributed by atoms with Crippen molar-refractivity contribution >= 4 is 10.0 Å². The highest BCUT2D eigenvalue weighted by Gasteiger charge is 2.19. The van der Waals surface area contributed by atoms with Crippen LogP contribution in [0.15, 0.2) is 11.2 Å². The third-order valence-electron chi connectivity index (χ3n) is 3.49. The number of aromatic nitrogens is 2. The minimum absolute atomic E-state index is 0.0876. The number of rotatable bonds is 12. The van der Waals surface area contributed by atoms with Gasteiger partial charge >= 0.3 is 0 Å². The van der Waals surface area contributed by atoms with E-state index in [0.717, 1.165) is 12.8 Å². The Morgan fingerprint density at radius 2 is 1.76 bits per heavy atom. The molecule has 1 rings (SSSR count). The molecule has 0 saturated heterocycles. The Morgan fingerprint density at radius 1 is 1.14 bits per heavy atom. The van der Waals surface area contributed by atoms with Crippen molar-refractivity contribution in [1.29, 1.82) is 0 Å². The molecule has 1 aromatic heterocycles. The molecule has 0 aromatic carbocycles. The van der Waals surface area contributed by atoms with Gasteiger partial charge in [-0.15, -0.1) is 0 Å². The summed E-state index contributed by atoms with van der Waals surface area (Å²) in [5.41, 5.74) is 6.00. The number of unbranched alkanes of at least 4 members (excludes halogenated alkanes) is 7. The summed E-state index contributed by atoms with van der Waals surface area (Å²) in [6.45, 7) is 2.83. The highest BCUT2D eigenvalue weighted by atomic mass is 32.2. The predicted molar refractivity (Wildman–Crippen MR) is 84.3 cm³/mol. The highest BCUT2D eigenvalue weighted by molar-refractivity contribution is 7.89. The molecule has 122 valence electrons. The summed E-state index contributed by atoms with van der Waals surface area (Å²) in [7, 11) is -3.51. The van der Waals surface area contributed by atoms with Crippen LogP contribution in [0.3, 0.4) is 0 Å². The molecule has 7 heteroatoms. The molecule has 0 radical (unpaired) electrons. The van der Waals surface area contributed by atoms with Crippen LogP contribution >= 0.6 is 0 Å². The van der Waals surface area contributed by atoms with Crippen LogP contribution < -0.4 is 10.5 Å². The Morgan fingerprint density at radius 3 is 2.38 bits per heavy atom. The van der Waals surface area contributed by atoms with E-state index < -0.39 is 10.0 Å². The van der Waals surface area contributed by atoms with E-state index in [1.54, 1.807) is 0 Å². The summed E-state index contributed by atoms with van der Waals surface area (Å²) in [6.07, 6.45) is 10.9. The topological polar surface area (TPSA) is 101 Å². The van der Waals surface area contributed by atoms with Gasteiger partial charge in [-0.05, 0) is 6.42 Å². The molecule has 1 aromatic rings. The van der Waals surface area contributed by atoms with Crippen LogP contribution in [0.1, 0.15) is 63.9 Å². The van der Waals surface area contributed by atoms with Gasteiger partial charge in [0, 0.05) is 18.7 Å². The van der Waals surface area contributed by atoms with E-state index in [1.807, 2.05) is 0 Å². The first-order chi connectivity index (χ1) is 10.1. The molecule has 0 bridgehead atoms.